The van der Waals surface area contributed by atoms with Gasteiger partial charge in [0.25, 0.3) is 0 Å². The molecule has 0 aromatic carbocycles. The van der Waals surface area contributed by atoms with E-state index in [1.165, 1.54) is 12.8 Å². The number of aliphatic hydroxyl groups excluding tert-OH is 1. The minimum Gasteiger partial charge on any atom is -0.390 e. The fourth-order valence-corrected chi connectivity index (χ4v) is 1.68. The van der Waals surface area contributed by atoms with Crippen molar-refractivity contribution in [3.63, 3.8) is 0 Å². The number of rotatable bonds is 6. The Bertz CT molecular complexity index is 320. The van der Waals surface area contributed by atoms with Gasteiger partial charge in [0.05, 0.1) is 18.9 Å². The second-order valence-corrected chi connectivity index (χ2v) is 4.03. The molecule has 0 spiro atoms. The first-order valence-electron chi connectivity index (χ1n) is 5.36. The van der Waals surface area contributed by atoms with Crippen LogP contribution in [0.4, 0.5) is 0 Å². The van der Waals surface area contributed by atoms with Crippen molar-refractivity contribution in [2.24, 2.45) is 5.92 Å². The Morgan fingerprint density at radius 3 is 2.93 bits per heavy atom. The molecule has 1 aliphatic rings. The largest absolute Gasteiger partial charge is 0.390 e. The van der Waals surface area contributed by atoms with E-state index < -0.39 is 0 Å². The summed E-state index contributed by atoms with van der Waals surface area (Å²) in [7, 11) is 1.64. The van der Waals surface area contributed by atoms with Crippen LogP contribution < -0.4 is 0 Å². The zero-order valence-electron chi connectivity index (χ0n) is 9.02. The van der Waals surface area contributed by atoms with Gasteiger partial charge in [0, 0.05) is 13.7 Å². The number of ether oxygens (including phenoxy) is 1. The maximum atomic E-state index is 9.08. The number of nitrogens with zero attached hydrogens (tertiary/aromatic N) is 3. The van der Waals surface area contributed by atoms with Gasteiger partial charge in [-0.25, -0.2) is 4.68 Å². The van der Waals surface area contributed by atoms with Crippen molar-refractivity contribution in [2.45, 2.75) is 39.0 Å². The third kappa shape index (κ3) is 2.54. The third-order valence-corrected chi connectivity index (χ3v) is 2.79. The lowest BCUT2D eigenvalue weighted by molar-refractivity contribution is 0.172. The quantitative estimate of drug-likeness (QED) is 0.753. The number of hydrogen-bond donors (Lipinski definition) is 1. The van der Waals surface area contributed by atoms with Crippen molar-refractivity contribution in [1.29, 1.82) is 0 Å². The summed E-state index contributed by atoms with van der Waals surface area (Å²) in [4.78, 5) is 0. The second-order valence-electron chi connectivity index (χ2n) is 4.03. The predicted octanol–water partition coefficient (Wildman–Crippen LogP) is 0.717. The van der Waals surface area contributed by atoms with Crippen LogP contribution in [-0.2, 0) is 24.5 Å². The fourth-order valence-electron chi connectivity index (χ4n) is 1.68. The minimum atomic E-state index is -0.0673. The van der Waals surface area contributed by atoms with E-state index in [1.54, 1.807) is 7.11 Å². The van der Waals surface area contributed by atoms with Crippen LogP contribution in [0.1, 0.15) is 30.7 Å². The zero-order valence-corrected chi connectivity index (χ0v) is 9.02. The first-order valence-corrected chi connectivity index (χ1v) is 5.36. The van der Waals surface area contributed by atoms with E-state index in [0.717, 1.165) is 24.6 Å². The molecule has 0 bridgehead atoms. The van der Waals surface area contributed by atoms with Crippen LogP contribution in [0.3, 0.4) is 0 Å². The van der Waals surface area contributed by atoms with Crippen molar-refractivity contribution in [3.05, 3.63) is 11.4 Å². The molecule has 5 nitrogen and oxygen atoms in total. The van der Waals surface area contributed by atoms with Gasteiger partial charge in [-0.05, 0) is 12.3 Å². The third-order valence-electron chi connectivity index (χ3n) is 2.79. The van der Waals surface area contributed by atoms with Crippen LogP contribution in [0.25, 0.3) is 0 Å². The van der Waals surface area contributed by atoms with Gasteiger partial charge in [0.15, 0.2) is 0 Å². The molecule has 1 saturated carbocycles. The fraction of sp³-hybridized carbons (Fsp3) is 0.800. The van der Waals surface area contributed by atoms with E-state index in [2.05, 4.69) is 10.3 Å². The van der Waals surface area contributed by atoms with Gasteiger partial charge in [-0.3, -0.25) is 0 Å². The lowest BCUT2D eigenvalue weighted by Crippen LogP contribution is -2.08. The Hall–Kier alpha value is -0.940. The molecule has 1 fully saturated rings. The predicted molar refractivity (Wildman–Crippen MR) is 54.0 cm³/mol. The van der Waals surface area contributed by atoms with E-state index in [9.17, 15) is 0 Å². The molecular weight excluding hydrogens is 194 g/mol. The molecule has 1 aliphatic carbocycles. The molecule has 5 heteroatoms. The molecule has 0 saturated heterocycles. The van der Waals surface area contributed by atoms with Gasteiger partial charge < -0.3 is 9.84 Å². The smallest absolute Gasteiger partial charge is 0.114 e. The summed E-state index contributed by atoms with van der Waals surface area (Å²) < 4.78 is 6.93. The molecule has 1 aromatic heterocycles. The average molecular weight is 211 g/mol. The van der Waals surface area contributed by atoms with Crippen LogP contribution in [0.5, 0.6) is 0 Å². The van der Waals surface area contributed by atoms with E-state index in [0.29, 0.717) is 12.3 Å². The highest BCUT2D eigenvalue weighted by atomic mass is 16.5. The van der Waals surface area contributed by atoms with E-state index in [4.69, 9.17) is 9.84 Å². The van der Waals surface area contributed by atoms with Gasteiger partial charge in [-0.1, -0.05) is 18.1 Å². The summed E-state index contributed by atoms with van der Waals surface area (Å²) in [6, 6.07) is 0. The average Bonchev–Trinajstić information content (AvgIpc) is 2.99. The molecule has 1 N–H and O–H groups in total. The summed E-state index contributed by atoms with van der Waals surface area (Å²) in [5.74, 6) is 0.877. The Morgan fingerprint density at radius 2 is 2.33 bits per heavy atom. The van der Waals surface area contributed by atoms with Gasteiger partial charge in [-0.2, -0.15) is 0 Å². The number of methoxy groups -OCH3 is 1. The van der Waals surface area contributed by atoms with Crippen LogP contribution in [0.15, 0.2) is 0 Å². The van der Waals surface area contributed by atoms with Crippen molar-refractivity contribution in [2.75, 3.05) is 7.11 Å². The summed E-state index contributed by atoms with van der Waals surface area (Å²) >= 11 is 0. The van der Waals surface area contributed by atoms with Crippen LogP contribution in [0, 0.1) is 5.92 Å². The standard InChI is InChI=1S/C10H17N3O2/c1-15-7-10-9(6-14)11-12-13(10)5-4-8-2-3-8/h8,14H,2-7H2,1H3. The highest BCUT2D eigenvalue weighted by Gasteiger charge is 2.22. The van der Waals surface area contributed by atoms with E-state index in [1.807, 2.05) is 4.68 Å². The van der Waals surface area contributed by atoms with Crippen LogP contribution >= 0.6 is 0 Å². The van der Waals surface area contributed by atoms with E-state index >= 15 is 0 Å². The van der Waals surface area contributed by atoms with Gasteiger partial charge in [0.2, 0.25) is 0 Å². The van der Waals surface area contributed by atoms with Crippen LogP contribution in [-0.4, -0.2) is 27.2 Å². The molecule has 15 heavy (non-hydrogen) atoms. The Labute approximate surface area is 89.0 Å². The van der Waals surface area contributed by atoms with Crippen molar-refractivity contribution >= 4 is 0 Å². The molecule has 1 aromatic rings. The van der Waals surface area contributed by atoms with Crippen molar-refractivity contribution in [1.82, 2.24) is 15.0 Å². The molecule has 0 unspecified atom stereocenters. The van der Waals surface area contributed by atoms with Gasteiger partial charge in [0.1, 0.15) is 5.69 Å². The van der Waals surface area contributed by atoms with Gasteiger partial charge in [-0.15, -0.1) is 5.10 Å². The SMILES string of the molecule is COCc1c(CO)nnn1CCC1CC1. The Kier molecular flexibility index (Phi) is 3.33. The van der Waals surface area contributed by atoms with Gasteiger partial charge >= 0.3 is 0 Å². The Balaban J connectivity index is 2.02. The first-order chi connectivity index (χ1) is 7.35. The molecule has 2 rings (SSSR count). The number of hydrogen-bond acceptors (Lipinski definition) is 4. The van der Waals surface area contributed by atoms with Crippen LogP contribution in [0.2, 0.25) is 0 Å². The maximum Gasteiger partial charge on any atom is 0.114 e. The highest BCUT2D eigenvalue weighted by Crippen LogP contribution is 2.32. The summed E-state index contributed by atoms with van der Waals surface area (Å²) in [5.41, 5.74) is 1.54. The summed E-state index contributed by atoms with van der Waals surface area (Å²) in [6.45, 7) is 1.28. The zero-order chi connectivity index (χ0) is 10.7. The normalized spacial score (nSPS) is 15.9. The van der Waals surface area contributed by atoms with Crippen molar-refractivity contribution < 1.29 is 9.84 Å². The first kappa shape index (κ1) is 10.6. The second kappa shape index (κ2) is 4.72. The number of aliphatic hydroxyl groups is 1. The Morgan fingerprint density at radius 1 is 1.53 bits per heavy atom. The van der Waals surface area contributed by atoms with E-state index in [-0.39, 0.29) is 6.61 Å². The summed E-state index contributed by atoms with van der Waals surface area (Å²) in [5, 5.41) is 17.0. The monoisotopic (exact) mass is 211 g/mol. The highest BCUT2D eigenvalue weighted by molar-refractivity contribution is 5.07. The molecule has 0 atom stereocenters. The number of aryl methyl sites for hydroxylation is 1. The topological polar surface area (TPSA) is 60.2 Å². The molecular formula is C10H17N3O2. The molecule has 1 heterocycles. The molecule has 84 valence electrons. The van der Waals surface area contributed by atoms with Crippen molar-refractivity contribution in [3.8, 4) is 0 Å². The molecule has 0 amide bonds. The molecule has 0 radical (unpaired) electrons. The minimum absolute atomic E-state index is 0.0673. The number of aromatic nitrogens is 3. The maximum absolute atomic E-state index is 9.08. The lowest BCUT2D eigenvalue weighted by atomic mass is 10.3. The lowest BCUT2D eigenvalue weighted by Gasteiger charge is -2.05. The molecule has 0 aliphatic heterocycles. The summed E-state index contributed by atoms with van der Waals surface area (Å²) in [6.07, 6.45) is 3.85.